The van der Waals surface area contributed by atoms with Crippen molar-refractivity contribution in [2.45, 2.75) is 26.4 Å². The lowest BCUT2D eigenvalue weighted by atomic mass is 10.2. The lowest BCUT2D eigenvalue weighted by Gasteiger charge is -2.27. The molecular weight excluding hydrogens is 348 g/mol. The number of halogens is 1. The van der Waals surface area contributed by atoms with Crippen molar-refractivity contribution in [3.8, 4) is 11.5 Å². The Labute approximate surface area is 149 Å². The molecule has 1 aliphatic heterocycles. The predicted octanol–water partition coefficient (Wildman–Crippen LogP) is 3.37. The topological polar surface area (TPSA) is 86.7 Å². The van der Waals surface area contributed by atoms with E-state index in [0.717, 1.165) is 0 Å². The fourth-order valence-electron chi connectivity index (χ4n) is 2.16. The Morgan fingerprint density at radius 2 is 1.92 bits per heavy atom. The minimum Gasteiger partial charge on any atom is -0.486 e. The smallest absolute Gasteiger partial charge is 0.421 e. The number of ether oxygens (including phenoxy) is 3. The van der Waals surface area contributed by atoms with Gasteiger partial charge in [0, 0.05) is 6.07 Å². The van der Waals surface area contributed by atoms with Crippen LogP contribution in [0.15, 0.2) is 24.5 Å². The maximum atomic E-state index is 12.7. The molecule has 1 amide bonds. The summed E-state index contributed by atoms with van der Waals surface area (Å²) in [5, 5.41) is -0.0314. The molecule has 9 heteroatoms. The monoisotopic (exact) mass is 364 g/mol. The number of nitrogens with zero attached hydrogens (tertiary/aromatic N) is 4. The predicted molar refractivity (Wildman–Crippen MR) is 90.6 cm³/mol. The van der Waals surface area contributed by atoms with Gasteiger partial charge in [-0.25, -0.2) is 19.7 Å². The number of hydrogen-bond acceptors (Lipinski definition) is 7. The van der Waals surface area contributed by atoms with Crippen LogP contribution in [0, 0.1) is 0 Å². The van der Waals surface area contributed by atoms with Gasteiger partial charge in [0.1, 0.15) is 25.1 Å². The quantitative estimate of drug-likeness (QED) is 0.807. The van der Waals surface area contributed by atoms with E-state index in [4.69, 9.17) is 25.8 Å². The zero-order valence-electron chi connectivity index (χ0n) is 14.0. The van der Waals surface area contributed by atoms with Gasteiger partial charge in [0.15, 0.2) is 11.5 Å². The highest BCUT2D eigenvalue weighted by Crippen LogP contribution is 2.36. The Morgan fingerprint density at radius 3 is 2.60 bits per heavy atom. The van der Waals surface area contributed by atoms with Gasteiger partial charge in [0.05, 0.1) is 5.69 Å². The van der Waals surface area contributed by atoms with Crippen LogP contribution in [-0.2, 0) is 4.74 Å². The average molecular weight is 365 g/mol. The van der Waals surface area contributed by atoms with Crippen molar-refractivity contribution in [3.63, 3.8) is 0 Å². The molecule has 0 fully saturated rings. The van der Waals surface area contributed by atoms with Crippen molar-refractivity contribution < 1.29 is 19.0 Å². The largest absolute Gasteiger partial charge is 0.486 e. The van der Waals surface area contributed by atoms with E-state index in [1.807, 2.05) is 0 Å². The Kier molecular flexibility index (Phi) is 4.63. The number of benzene rings is 1. The van der Waals surface area contributed by atoms with Gasteiger partial charge in [-0.2, -0.15) is 4.98 Å². The van der Waals surface area contributed by atoms with E-state index in [1.165, 1.54) is 11.2 Å². The highest BCUT2D eigenvalue weighted by atomic mass is 35.5. The van der Waals surface area contributed by atoms with Gasteiger partial charge in [-0.3, -0.25) is 0 Å². The number of amides is 1. The fourth-order valence-corrected chi connectivity index (χ4v) is 2.28. The van der Waals surface area contributed by atoms with Crippen molar-refractivity contribution >= 4 is 29.3 Å². The van der Waals surface area contributed by atoms with Crippen LogP contribution in [0.2, 0.25) is 5.28 Å². The van der Waals surface area contributed by atoms with Gasteiger partial charge in [-0.05, 0) is 44.5 Å². The van der Waals surface area contributed by atoms with Crippen LogP contribution in [0.4, 0.5) is 16.4 Å². The molecule has 0 saturated heterocycles. The molecule has 2 heterocycles. The standard InChI is InChI=1S/C16H17ClN4O4/c1-16(2,3)25-15(22)21(14-19-9-18-13(17)20-14)10-4-5-11-12(8-10)24-7-6-23-11/h4-5,8-9H,6-7H2,1-3H3. The summed E-state index contributed by atoms with van der Waals surface area (Å²) in [4.78, 5) is 25.7. The highest BCUT2D eigenvalue weighted by Gasteiger charge is 2.28. The molecular formula is C16H17ClN4O4. The van der Waals surface area contributed by atoms with Crippen molar-refractivity contribution in [1.29, 1.82) is 0 Å². The number of carbonyl (C=O) groups excluding carboxylic acids is 1. The number of fused-ring (bicyclic) bond motifs is 1. The summed E-state index contributed by atoms with van der Waals surface area (Å²) in [6, 6.07) is 5.06. The highest BCUT2D eigenvalue weighted by molar-refractivity contribution is 6.28. The number of anilines is 2. The van der Waals surface area contributed by atoms with Crippen LogP contribution >= 0.6 is 11.6 Å². The fraction of sp³-hybridized carbons (Fsp3) is 0.375. The van der Waals surface area contributed by atoms with Crippen LogP contribution in [-0.4, -0.2) is 39.9 Å². The SMILES string of the molecule is CC(C)(C)OC(=O)N(c1ccc2c(c1)OCCO2)c1ncnc(Cl)n1. The molecule has 0 radical (unpaired) electrons. The van der Waals surface area contributed by atoms with Crippen molar-refractivity contribution in [3.05, 3.63) is 29.8 Å². The molecule has 0 N–H and O–H groups in total. The van der Waals surface area contributed by atoms with Crippen LogP contribution < -0.4 is 14.4 Å². The maximum Gasteiger partial charge on any atom is 0.421 e. The molecule has 1 aromatic heterocycles. The van der Waals surface area contributed by atoms with E-state index >= 15 is 0 Å². The summed E-state index contributed by atoms with van der Waals surface area (Å²) in [6.07, 6.45) is 0.575. The summed E-state index contributed by atoms with van der Waals surface area (Å²) in [7, 11) is 0. The van der Waals surface area contributed by atoms with Crippen LogP contribution in [0.25, 0.3) is 0 Å². The van der Waals surface area contributed by atoms with Crippen LogP contribution in [0.5, 0.6) is 11.5 Å². The molecule has 3 rings (SSSR count). The van der Waals surface area contributed by atoms with E-state index in [0.29, 0.717) is 30.4 Å². The molecule has 1 aliphatic rings. The Morgan fingerprint density at radius 1 is 1.20 bits per heavy atom. The number of carbonyl (C=O) groups is 1. The van der Waals surface area contributed by atoms with E-state index in [2.05, 4.69) is 15.0 Å². The van der Waals surface area contributed by atoms with Crippen molar-refractivity contribution in [1.82, 2.24) is 15.0 Å². The molecule has 8 nitrogen and oxygen atoms in total. The lowest BCUT2D eigenvalue weighted by Crippen LogP contribution is -2.35. The Balaban J connectivity index is 2.03. The maximum absolute atomic E-state index is 12.7. The normalized spacial score (nSPS) is 13.3. The van der Waals surface area contributed by atoms with Gasteiger partial charge < -0.3 is 14.2 Å². The second-order valence-electron chi connectivity index (χ2n) is 6.20. The van der Waals surface area contributed by atoms with Crippen molar-refractivity contribution in [2.75, 3.05) is 18.1 Å². The minimum absolute atomic E-state index is 0.0314. The van der Waals surface area contributed by atoms with E-state index < -0.39 is 11.7 Å². The molecule has 0 unspecified atom stereocenters. The van der Waals surface area contributed by atoms with Crippen LogP contribution in [0.3, 0.4) is 0 Å². The van der Waals surface area contributed by atoms with E-state index in [-0.39, 0.29) is 11.2 Å². The first-order valence-corrected chi connectivity index (χ1v) is 7.98. The van der Waals surface area contributed by atoms with E-state index in [1.54, 1.807) is 39.0 Å². The van der Waals surface area contributed by atoms with E-state index in [9.17, 15) is 4.79 Å². The van der Waals surface area contributed by atoms with Crippen molar-refractivity contribution in [2.24, 2.45) is 0 Å². The first-order chi connectivity index (χ1) is 11.8. The summed E-state index contributed by atoms with van der Waals surface area (Å²) < 4.78 is 16.5. The molecule has 25 heavy (non-hydrogen) atoms. The summed E-state index contributed by atoms with van der Waals surface area (Å²) >= 11 is 5.84. The number of aromatic nitrogens is 3. The van der Waals surface area contributed by atoms with Gasteiger partial charge in [0.25, 0.3) is 0 Å². The molecule has 0 atom stereocenters. The second kappa shape index (κ2) is 6.72. The molecule has 0 saturated carbocycles. The van der Waals surface area contributed by atoms with Gasteiger partial charge >= 0.3 is 6.09 Å². The first-order valence-electron chi connectivity index (χ1n) is 7.61. The zero-order chi connectivity index (χ0) is 18.0. The average Bonchev–Trinajstić information content (AvgIpc) is 2.53. The van der Waals surface area contributed by atoms with Crippen LogP contribution in [0.1, 0.15) is 20.8 Å². The molecule has 2 aromatic rings. The molecule has 0 spiro atoms. The summed E-state index contributed by atoms with van der Waals surface area (Å²) in [6.45, 7) is 6.22. The Hall–Kier alpha value is -2.61. The summed E-state index contributed by atoms with van der Waals surface area (Å²) in [5.41, 5.74) is -0.235. The molecule has 0 aliphatic carbocycles. The second-order valence-corrected chi connectivity index (χ2v) is 6.54. The minimum atomic E-state index is -0.694. The number of rotatable bonds is 2. The molecule has 132 valence electrons. The third-order valence-electron chi connectivity index (χ3n) is 3.09. The number of hydrogen-bond donors (Lipinski definition) is 0. The van der Waals surface area contributed by atoms with Gasteiger partial charge in [-0.15, -0.1) is 0 Å². The molecule has 1 aromatic carbocycles. The van der Waals surface area contributed by atoms with Gasteiger partial charge in [0.2, 0.25) is 11.2 Å². The third-order valence-corrected chi connectivity index (χ3v) is 3.27. The summed E-state index contributed by atoms with van der Waals surface area (Å²) in [5.74, 6) is 1.18. The lowest BCUT2D eigenvalue weighted by molar-refractivity contribution is 0.0597. The first kappa shape index (κ1) is 17.2. The third kappa shape index (κ3) is 4.08. The van der Waals surface area contributed by atoms with Gasteiger partial charge in [-0.1, -0.05) is 0 Å². The molecule has 0 bridgehead atoms. The zero-order valence-corrected chi connectivity index (χ0v) is 14.8. The Bertz CT molecular complexity index is 794.